The first-order valence-electron chi connectivity index (χ1n) is 9.47. The molecule has 0 aliphatic heterocycles. The average Bonchev–Trinajstić information content (AvgIpc) is 3.54. The molecule has 1 aliphatic rings. The summed E-state index contributed by atoms with van der Waals surface area (Å²) in [5, 5.41) is 9.99. The summed E-state index contributed by atoms with van der Waals surface area (Å²) < 4.78 is 1.30. The molecule has 6 nitrogen and oxygen atoms in total. The molecule has 3 aromatic rings. The van der Waals surface area contributed by atoms with E-state index in [0.29, 0.717) is 16.8 Å². The predicted molar refractivity (Wildman–Crippen MR) is 115 cm³/mol. The molecule has 150 valence electrons. The van der Waals surface area contributed by atoms with Crippen LogP contribution in [0.4, 0.5) is 5.82 Å². The van der Waals surface area contributed by atoms with Gasteiger partial charge in [-0.3, -0.25) is 14.2 Å². The van der Waals surface area contributed by atoms with Crippen LogP contribution in [-0.4, -0.2) is 15.6 Å². The number of benzene rings is 2. The number of nitrogens with two attached hydrogens (primary N) is 2. The molecular weight excluding hydrogens is 366 g/mol. The van der Waals surface area contributed by atoms with E-state index in [1.54, 1.807) is 19.1 Å². The van der Waals surface area contributed by atoms with Crippen molar-refractivity contribution in [3.63, 3.8) is 0 Å². The highest BCUT2D eigenvalue weighted by Crippen LogP contribution is 2.39. The molecule has 29 heavy (non-hydrogen) atoms. The van der Waals surface area contributed by atoms with Crippen LogP contribution in [0.15, 0.2) is 59.4 Å². The highest BCUT2D eigenvalue weighted by Gasteiger charge is 2.30. The Bertz CT molecular complexity index is 1070. The quantitative estimate of drug-likeness (QED) is 0.635. The van der Waals surface area contributed by atoms with Crippen LogP contribution in [0, 0.1) is 13.8 Å². The largest absolute Gasteiger partial charge is 0.508 e. The lowest BCUT2D eigenvalue weighted by Gasteiger charge is -2.19. The number of pyridine rings is 1. The molecule has 0 unspecified atom stereocenters. The van der Waals surface area contributed by atoms with Crippen molar-refractivity contribution in [2.45, 2.75) is 32.6 Å². The van der Waals surface area contributed by atoms with Gasteiger partial charge in [-0.15, -0.1) is 0 Å². The van der Waals surface area contributed by atoms with Crippen LogP contribution in [0.2, 0.25) is 0 Å². The minimum atomic E-state index is -0.673. The number of carbonyl (C=O) groups is 1. The van der Waals surface area contributed by atoms with Crippen molar-refractivity contribution in [2.75, 3.05) is 5.73 Å². The molecule has 6 heteroatoms. The Morgan fingerprint density at radius 1 is 1.07 bits per heavy atom. The fourth-order valence-electron chi connectivity index (χ4n) is 3.31. The number of primary amides is 1. The zero-order valence-corrected chi connectivity index (χ0v) is 16.6. The monoisotopic (exact) mass is 391 g/mol. The predicted octanol–water partition coefficient (Wildman–Crippen LogP) is 3.41. The van der Waals surface area contributed by atoms with Crippen molar-refractivity contribution in [1.29, 1.82) is 0 Å². The number of amides is 1. The van der Waals surface area contributed by atoms with Gasteiger partial charge in [0.1, 0.15) is 11.6 Å². The van der Waals surface area contributed by atoms with E-state index in [0.717, 1.165) is 18.4 Å². The van der Waals surface area contributed by atoms with Gasteiger partial charge in [0.05, 0.1) is 11.3 Å². The molecule has 1 aliphatic carbocycles. The fraction of sp³-hybridized carbons (Fsp3) is 0.217. The van der Waals surface area contributed by atoms with Crippen molar-refractivity contribution in [3.05, 3.63) is 87.2 Å². The Labute approximate surface area is 169 Å². The smallest absolute Gasteiger partial charge is 0.260 e. The highest BCUT2D eigenvalue weighted by atomic mass is 16.3. The number of carbonyl (C=O) groups excluding carboxylic acids is 1. The fourth-order valence-corrected chi connectivity index (χ4v) is 3.31. The normalized spacial score (nSPS) is 12.8. The van der Waals surface area contributed by atoms with Gasteiger partial charge in [-0.25, -0.2) is 0 Å². The Hall–Kier alpha value is -3.54. The highest BCUT2D eigenvalue weighted by molar-refractivity contribution is 5.97. The summed E-state index contributed by atoms with van der Waals surface area (Å²) in [7, 11) is 0. The van der Waals surface area contributed by atoms with Crippen LogP contribution in [-0.2, 0) is 0 Å². The van der Waals surface area contributed by atoms with Gasteiger partial charge in [0.15, 0.2) is 0 Å². The van der Waals surface area contributed by atoms with E-state index in [2.05, 4.69) is 0 Å². The van der Waals surface area contributed by atoms with Crippen LogP contribution in [0.3, 0.4) is 0 Å². The van der Waals surface area contributed by atoms with E-state index < -0.39 is 5.91 Å². The molecule has 0 spiro atoms. The Morgan fingerprint density at radius 2 is 1.62 bits per heavy atom. The summed E-state index contributed by atoms with van der Waals surface area (Å²) in [5.74, 6) is -0.461. The third-order valence-electron chi connectivity index (χ3n) is 5.04. The van der Waals surface area contributed by atoms with Crippen LogP contribution in [0.5, 0.6) is 5.75 Å². The van der Waals surface area contributed by atoms with Crippen LogP contribution in [0.25, 0.3) is 5.69 Å². The van der Waals surface area contributed by atoms with Crippen LogP contribution in [0.1, 0.15) is 45.8 Å². The van der Waals surface area contributed by atoms with Crippen LogP contribution < -0.4 is 17.0 Å². The number of aromatic hydroxyl groups is 1. The van der Waals surface area contributed by atoms with Gasteiger partial charge < -0.3 is 16.6 Å². The summed E-state index contributed by atoms with van der Waals surface area (Å²) in [6.45, 7) is 3.53. The lowest BCUT2D eigenvalue weighted by Crippen LogP contribution is -2.29. The van der Waals surface area contributed by atoms with E-state index >= 15 is 0 Å². The zero-order chi connectivity index (χ0) is 21.1. The molecule has 1 fully saturated rings. The van der Waals surface area contributed by atoms with E-state index in [-0.39, 0.29) is 28.6 Å². The Morgan fingerprint density at radius 3 is 2.10 bits per heavy atom. The summed E-state index contributed by atoms with van der Waals surface area (Å²) in [4.78, 5) is 24.6. The number of phenolic OH excluding ortho intramolecular Hbond substituents is 1. The Balaban J connectivity index is 0.000000343. The van der Waals surface area contributed by atoms with Crippen LogP contribution >= 0.6 is 0 Å². The second-order valence-electron chi connectivity index (χ2n) is 7.21. The van der Waals surface area contributed by atoms with Gasteiger partial charge in [-0.2, -0.15) is 0 Å². The molecule has 2 aromatic carbocycles. The third kappa shape index (κ3) is 4.16. The molecule has 1 heterocycles. The lowest BCUT2D eigenvalue weighted by atomic mass is 10.0. The van der Waals surface area contributed by atoms with E-state index in [9.17, 15) is 14.7 Å². The molecule has 0 atom stereocenters. The van der Waals surface area contributed by atoms with E-state index in [4.69, 9.17) is 11.5 Å². The minimum Gasteiger partial charge on any atom is -0.508 e. The maximum atomic E-state index is 12.9. The third-order valence-corrected chi connectivity index (χ3v) is 5.04. The molecule has 0 saturated heterocycles. The van der Waals surface area contributed by atoms with E-state index in [1.165, 1.54) is 10.6 Å². The molecule has 4 rings (SSSR count). The van der Waals surface area contributed by atoms with Gasteiger partial charge in [0.25, 0.3) is 11.5 Å². The number of hydrogen-bond acceptors (Lipinski definition) is 4. The topological polar surface area (TPSA) is 111 Å². The molecule has 0 radical (unpaired) electrons. The first-order valence-corrected chi connectivity index (χ1v) is 9.47. The first-order chi connectivity index (χ1) is 13.8. The Kier molecular flexibility index (Phi) is 5.73. The maximum absolute atomic E-state index is 12.9. The van der Waals surface area contributed by atoms with Gasteiger partial charge in [-0.1, -0.05) is 42.5 Å². The van der Waals surface area contributed by atoms with Gasteiger partial charge in [0, 0.05) is 11.1 Å². The number of phenols is 1. The second-order valence-corrected chi connectivity index (χ2v) is 7.21. The van der Waals surface area contributed by atoms with Gasteiger partial charge in [0.2, 0.25) is 0 Å². The summed E-state index contributed by atoms with van der Waals surface area (Å²) in [5.41, 5.74) is 13.7. The number of aromatic nitrogens is 1. The number of aryl methyl sites for hydroxylation is 1. The number of nitrogen functional groups attached to an aromatic ring is 1. The summed E-state index contributed by atoms with van der Waals surface area (Å²) >= 11 is 0. The van der Waals surface area contributed by atoms with Gasteiger partial charge >= 0.3 is 0 Å². The molecule has 0 bridgehead atoms. The summed E-state index contributed by atoms with van der Waals surface area (Å²) in [6.07, 6.45) is 1.82. The molecule has 1 amide bonds. The maximum Gasteiger partial charge on any atom is 0.260 e. The standard InChI is InChI=1S/C17H19N3O3.C6H6/c1-8-3-6-13(21)9(2)14(8)20-15(18)12(16(19)22)7-11(17(20)23)10-4-5-10;1-2-4-6-5-3-1/h3,6-7,10,21H,4-5,18H2,1-2H3,(H2,19,22);1-6H. The molecular formula is C23H25N3O3. The SMILES string of the molecule is Cc1ccc(O)c(C)c1-n1c(N)c(C(N)=O)cc(C2CC2)c1=O.c1ccccc1. The van der Waals surface area contributed by atoms with Gasteiger partial charge in [-0.05, 0) is 50.3 Å². The summed E-state index contributed by atoms with van der Waals surface area (Å²) in [6, 6.07) is 16.8. The number of rotatable bonds is 3. The second kappa shape index (κ2) is 8.22. The van der Waals surface area contributed by atoms with E-state index in [1.807, 2.05) is 43.3 Å². The van der Waals surface area contributed by atoms with Crippen molar-refractivity contribution < 1.29 is 9.90 Å². The first kappa shape index (κ1) is 20.2. The molecule has 1 aromatic heterocycles. The van der Waals surface area contributed by atoms with Crippen molar-refractivity contribution in [3.8, 4) is 11.4 Å². The van der Waals surface area contributed by atoms with Crippen molar-refractivity contribution in [1.82, 2.24) is 4.57 Å². The average molecular weight is 391 g/mol. The minimum absolute atomic E-state index is 0.00343. The molecule has 5 N–H and O–H groups in total. The van der Waals surface area contributed by atoms with Crippen molar-refractivity contribution in [2.24, 2.45) is 5.73 Å². The van der Waals surface area contributed by atoms with Crippen molar-refractivity contribution >= 4 is 11.7 Å². The zero-order valence-electron chi connectivity index (χ0n) is 16.6. The number of anilines is 1. The molecule has 1 saturated carbocycles. The number of nitrogens with zero attached hydrogens (tertiary/aromatic N) is 1. The number of hydrogen-bond donors (Lipinski definition) is 3. The lowest BCUT2D eigenvalue weighted by molar-refractivity contribution is 0.100.